The van der Waals surface area contributed by atoms with E-state index in [0.717, 1.165) is 5.56 Å². The summed E-state index contributed by atoms with van der Waals surface area (Å²) in [7, 11) is 0. The van der Waals surface area contributed by atoms with E-state index in [4.69, 9.17) is 5.11 Å². The van der Waals surface area contributed by atoms with Crippen LogP contribution in [0.3, 0.4) is 0 Å². The molecule has 2 heterocycles. The van der Waals surface area contributed by atoms with E-state index in [-0.39, 0.29) is 11.6 Å². The summed E-state index contributed by atoms with van der Waals surface area (Å²) in [6.07, 6.45) is 6.42. The number of hydrogen-bond acceptors (Lipinski definition) is 5. The van der Waals surface area contributed by atoms with Gasteiger partial charge in [-0.25, -0.2) is 14.8 Å². The van der Waals surface area contributed by atoms with Gasteiger partial charge < -0.3 is 10.4 Å². The molecule has 0 fully saturated rings. The van der Waals surface area contributed by atoms with Crippen LogP contribution in [0.2, 0.25) is 0 Å². The van der Waals surface area contributed by atoms with Crippen LogP contribution in [0.5, 0.6) is 0 Å². The first-order valence-corrected chi connectivity index (χ1v) is 6.77. The Bertz CT molecular complexity index is 602. The average molecular weight is 286 g/mol. The number of carboxylic acid groups (broad SMARTS) is 1. The lowest BCUT2D eigenvalue weighted by Gasteiger charge is -2.22. The normalized spacial score (nSPS) is 12.1. The maximum absolute atomic E-state index is 11.1. The lowest BCUT2D eigenvalue weighted by atomic mass is 9.89. The summed E-state index contributed by atoms with van der Waals surface area (Å²) in [5.74, 6) is -0.207. The molecule has 2 N–H and O–H groups in total. The molecule has 0 radical (unpaired) electrons. The lowest BCUT2D eigenvalue weighted by molar-refractivity contribution is 0.0691. The molecule has 1 unspecified atom stereocenters. The molecule has 0 aliphatic rings. The second kappa shape index (κ2) is 6.78. The molecule has 2 aromatic heterocycles. The van der Waals surface area contributed by atoms with E-state index in [2.05, 4.69) is 34.1 Å². The Hall–Kier alpha value is -2.50. The van der Waals surface area contributed by atoms with E-state index < -0.39 is 5.97 Å². The Labute approximate surface area is 123 Å². The molecule has 0 aliphatic carbocycles. The first-order valence-electron chi connectivity index (χ1n) is 6.77. The molecule has 2 aromatic rings. The van der Waals surface area contributed by atoms with Gasteiger partial charge in [-0.05, 0) is 17.5 Å². The fourth-order valence-corrected chi connectivity index (χ4v) is 2.16. The van der Waals surface area contributed by atoms with Crippen molar-refractivity contribution in [1.29, 1.82) is 0 Å². The summed E-state index contributed by atoms with van der Waals surface area (Å²) >= 11 is 0. The van der Waals surface area contributed by atoms with Gasteiger partial charge in [0, 0.05) is 37.3 Å². The molecule has 110 valence electrons. The average Bonchev–Trinajstić information content (AvgIpc) is 2.48. The highest BCUT2D eigenvalue weighted by atomic mass is 16.4. The van der Waals surface area contributed by atoms with Gasteiger partial charge >= 0.3 is 5.97 Å². The SMILES string of the molecule is CC(C)C(CNc1nccnc1C(=O)O)c1cccnc1. The number of carboxylic acids is 1. The van der Waals surface area contributed by atoms with Crippen molar-refractivity contribution in [2.24, 2.45) is 5.92 Å². The smallest absolute Gasteiger partial charge is 0.358 e. The Morgan fingerprint density at radius 2 is 2.05 bits per heavy atom. The van der Waals surface area contributed by atoms with Crippen LogP contribution in [-0.2, 0) is 0 Å². The number of pyridine rings is 1. The van der Waals surface area contributed by atoms with E-state index in [1.807, 2.05) is 18.3 Å². The topological polar surface area (TPSA) is 88.0 Å². The largest absolute Gasteiger partial charge is 0.476 e. The van der Waals surface area contributed by atoms with Crippen LogP contribution in [0.25, 0.3) is 0 Å². The van der Waals surface area contributed by atoms with E-state index in [9.17, 15) is 4.79 Å². The third-order valence-corrected chi connectivity index (χ3v) is 3.31. The van der Waals surface area contributed by atoms with Crippen LogP contribution in [0.15, 0.2) is 36.9 Å². The highest BCUT2D eigenvalue weighted by Crippen LogP contribution is 2.24. The number of anilines is 1. The molecule has 21 heavy (non-hydrogen) atoms. The third-order valence-electron chi connectivity index (χ3n) is 3.31. The monoisotopic (exact) mass is 286 g/mol. The minimum Gasteiger partial charge on any atom is -0.476 e. The van der Waals surface area contributed by atoms with E-state index >= 15 is 0 Å². The van der Waals surface area contributed by atoms with Crippen LogP contribution in [0, 0.1) is 5.92 Å². The minimum atomic E-state index is -1.09. The van der Waals surface area contributed by atoms with E-state index in [1.165, 1.54) is 12.4 Å². The fraction of sp³-hybridized carbons (Fsp3) is 0.333. The number of aromatic nitrogens is 3. The third kappa shape index (κ3) is 3.75. The Kier molecular flexibility index (Phi) is 4.81. The van der Waals surface area contributed by atoms with Gasteiger partial charge in [-0.2, -0.15) is 0 Å². The van der Waals surface area contributed by atoms with Gasteiger partial charge in [-0.15, -0.1) is 0 Å². The predicted octanol–water partition coefficient (Wildman–Crippen LogP) is 2.42. The van der Waals surface area contributed by atoms with Gasteiger partial charge in [0.25, 0.3) is 0 Å². The van der Waals surface area contributed by atoms with E-state index in [1.54, 1.807) is 6.20 Å². The molecule has 1 atom stereocenters. The van der Waals surface area contributed by atoms with Crippen molar-refractivity contribution in [3.05, 3.63) is 48.2 Å². The Morgan fingerprint density at radius 1 is 1.29 bits per heavy atom. The highest BCUT2D eigenvalue weighted by Gasteiger charge is 2.18. The standard InChI is InChI=1S/C15H18N4O2/c1-10(2)12(11-4-3-5-16-8-11)9-19-14-13(15(20)21)17-6-7-18-14/h3-8,10,12H,9H2,1-2H3,(H,18,19)(H,20,21). The zero-order valence-electron chi connectivity index (χ0n) is 12.0. The molecule has 0 saturated carbocycles. The zero-order chi connectivity index (χ0) is 15.2. The Balaban J connectivity index is 2.15. The number of rotatable bonds is 6. The molecule has 0 amide bonds. The molecular formula is C15H18N4O2. The van der Waals surface area contributed by atoms with Crippen molar-refractivity contribution in [2.75, 3.05) is 11.9 Å². The summed E-state index contributed by atoms with van der Waals surface area (Å²) in [4.78, 5) is 23.1. The van der Waals surface area contributed by atoms with Gasteiger partial charge in [0.1, 0.15) is 0 Å². The summed E-state index contributed by atoms with van der Waals surface area (Å²) in [5.41, 5.74) is 1.05. The van der Waals surface area contributed by atoms with Crippen molar-refractivity contribution in [2.45, 2.75) is 19.8 Å². The minimum absolute atomic E-state index is 0.0637. The predicted molar refractivity (Wildman–Crippen MR) is 79.3 cm³/mol. The molecule has 0 aliphatic heterocycles. The first kappa shape index (κ1) is 14.9. The number of carbonyl (C=O) groups is 1. The van der Waals surface area contributed by atoms with Gasteiger partial charge in [-0.1, -0.05) is 19.9 Å². The molecule has 6 nitrogen and oxygen atoms in total. The summed E-state index contributed by atoms with van der Waals surface area (Å²) in [6.45, 7) is 4.81. The lowest BCUT2D eigenvalue weighted by Crippen LogP contribution is -2.20. The molecular weight excluding hydrogens is 268 g/mol. The van der Waals surface area contributed by atoms with Crippen LogP contribution in [-0.4, -0.2) is 32.6 Å². The second-order valence-electron chi connectivity index (χ2n) is 5.08. The quantitative estimate of drug-likeness (QED) is 0.848. The van der Waals surface area contributed by atoms with Gasteiger partial charge in [0.05, 0.1) is 0 Å². The van der Waals surface area contributed by atoms with Crippen LogP contribution in [0.1, 0.15) is 35.8 Å². The molecule has 0 bridgehead atoms. The van der Waals surface area contributed by atoms with Crippen molar-refractivity contribution in [3.8, 4) is 0 Å². The summed E-state index contributed by atoms with van der Waals surface area (Å²) < 4.78 is 0. The van der Waals surface area contributed by atoms with Crippen molar-refractivity contribution >= 4 is 11.8 Å². The highest BCUT2D eigenvalue weighted by molar-refractivity contribution is 5.90. The molecule has 6 heteroatoms. The first-order chi connectivity index (χ1) is 10.1. The molecule has 0 aromatic carbocycles. The Morgan fingerprint density at radius 3 is 2.67 bits per heavy atom. The van der Waals surface area contributed by atoms with Gasteiger partial charge in [0.2, 0.25) is 0 Å². The van der Waals surface area contributed by atoms with Gasteiger partial charge in [-0.3, -0.25) is 4.98 Å². The maximum Gasteiger partial charge on any atom is 0.358 e. The summed E-state index contributed by atoms with van der Waals surface area (Å²) in [5, 5.41) is 12.2. The maximum atomic E-state index is 11.1. The number of aromatic carboxylic acids is 1. The van der Waals surface area contributed by atoms with Gasteiger partial charge in [0.15, 0.2) is 11.5 Å². The van der Waals surface area contributed by atoms with Crippen molar-refractivity contribution in [1.82, 2.24) is 15.0 Å². The molecule has 0 saturated heterocycles. The van der Waals surface area contributed by atoms with Crippen molar-refractivity contribution in [3.63, 3.8) is 0 Å². The zero-order valence-corrected chi connectivity index (χ0v) is 12.0. The second-order valence-corrected chi connectivity index (χ2v) is 5.08. The molecule has 0 spiro atoms. The van der Waals surface area contributed by atoms with Crippen LogP contribution >= 0.6 is 0 Å². The number of hydrogen-bond donors (Lipinski definition) is 2. The van der Waals surface area contributed by atoms with Crippen LogP contribution in [0.4, 0.5) is 5.82 Å². The van der Waals surface area contributed by atoms with E-state index in [0.29, 0.717) is 18.3 Å². The fourth-order valence-electron chi connectivity index (χ4n) is 2.16. The number of nitrogens with one attached hydrogen (secondary N) is 1. The molecule has 2 rings (SSSR count). The summed E-state index contributed by atoms with van der Waals surface area (Å²) in [6, 6.07) is 3.92. The van der Waals surface area contributed by atoms with Crippen LogP contribution < -0.4 is 5.32 Å². The number of nitrogens with zero attached hydrogens (tertiary/aromatic N) is 3. The van der Waals surface area contributed by atoms with Crippen molar-refractivity contribution < 1.29 is 9.90 Å².